The summed E-state index contributed by atoms with van der Waals surface area (Å²) in [6, 6.07) is 5.61. The minimum Gasteiger partial charge on any atom is -0.298 e. The third-order valence-electron chi connectivity index (χ3n) is 1.58. The first-order chi connectivity index (χ1) is 5.42. The van der Waals surface area contributed by atoms with Gasteiger partial charge in [-0.05, 0) is 12.1 Å². The van der Waals surface area contributed by atoms with Gasteiger partial charge in [0, 0.05) is 6.20 Å². The van der Waals surface area contributed by atoms with Crippen LogP contribution in [0.4, 0.5) is 0 Å². The van der Waals surface area contributed by atoms with Crippen molar-refractivity contribution in [1.29, 1.82) is 0 Å². The quantitative estimate of drug-likeness (QED) is 0.565. The van der Waals surface area contributed by atoms with Gasteiger partial charge in [-0.2, -0.15) is 5.10 Å². The van der Waals surface area contributed by atoms with Crippen LogP contribution in [0.5, 0.6) is 0 Å². The Labute approximate surface area is 63.3 Å². The molecule has 2 heterocycles. The van der Waals surface area contributed by atoms with Crippen molar-refractivity contribution in [2.45, 2.75) is 0 Å². The third-order valence-corrected chi connectivity index (χ3v) is 1.58. The van der Waals surface area contributed by atoms with Gasteiger partial charge >= 0.3 is 0 Å². The lowest BCUT2D eigenvalue weighted by Crippen LogP contribution is -1.83. The molecule has 0 saturated heterocycles. The molecule has 0 fully saturated rings. The highest BCUT2D eigenvalue weighted by Crippen LogP contribution is 2.05. The van der Waals surface area contributed by atoms with E-state index in [2.05, 4.69) is 5.10 Å². The highest BCUT2D eigenvalue weighted by atomic mass is 16.1. The molecule has 3 nitrogen and oxygen atoms in total. The van der Waals surface area contributed by atoms with Crippen molar-refractivity contribution in [3.8, 4) is 0 Å². The van der Waals surface area contributed by atoms with E-state index in [1.807, 2.05) is 24.4 Å². The summed E-state index contributed by atoms with van der Waals surface area (Å²) in [6.45, 7) is 0. The van der Waals surface area contributed by atoms with Crippen LogP contribution in [0, 0.1) is 0 Å². The monoisotopic (exact) mass is 146 g/mol. The van der Waals surface area contributed by atoms with Crippen LogP contribution in [0.1, 0.15) is 10.4 Å². The Balaban J connectivity index is 2.86. The van der Waals surface area contributed by atoms with Crippen LogP contribution in [0.25, 0.3) is 5.52 Å². The highest BCUT2D eigenvalue weighted by Gasteiger charge is 1.98. The Morgan fingerprint density at radius 2 is 2.36 bits per heavy atom. The molecule has 2 aromatic rings. The van der Waals surface area contributed by atoms with E-state index >= 15 is 0 Å². The molecule has 0 aliphatic rings. The standard InChI is InChI=1S/C8H6N2O/c11-6-7-5-9-10-4-2-1-3-8(7)10/h1-6H. The van der Waals surface area contributed by atoms with Gasteiger partial charge in [-0.1, -0.05) is 6.07 Å². The van der Waals surface area contributed by atoms with Gasteiger partial charge in [0.15, 0.2) is 6.29 Å². The highest BCUT2D eigenvalue weighted by molar-refractivity contribution is 5.85. The summed E-state index contributed by atoms with van der Waals surface area (Å²) in [4.78, 5) is 10.4. The molecular weight excluding hydrogens is 140 g/mol. The average Bonchev–Trinajstić information content (AvgIpc) is 2.47. The average molecular weight is 146 g/mol. The molecule has 2 rings (SSSR count). The molecule has 3 heteroatoms. The summed E-state index contributed by atoms with van der Waals surface area (Å²) in [5.74, 6) is 0. The molecular formula is C8H6N2O. The van der Waals surface area contributed by atoms with Gasteiger partial charge in [0.1, 0.15) is 0 Å². The molecule has 0 aromatic carbocycles. The summed E-state index contributed by atoms with van der Waals surface area (Å²) in [7, 11) is 0. The van der Waals surface area contributed by atoms with Gasteiger partial charge in [-0.3, -0.25) is 4.79 Å². The zero-order chi connectivity index (χ0) is 7.68. The lowest BCUT2D eigenvalue weighted by Gasteiger charge is -1.89. The number of fused-ring (bicyclic) bond motifs is 1. The number of aldehydes is 1. The summed E-state index contributed by atoms with van der Waals surface area (Å²) >= 11 is 0. The lowest BCUT2D eigenvalue weighted by molar-refractivity contribution is 0.112. The van der Waals surface area contributed by atoms with E-state index in [0.29, 0.717) is 5.56 Å². The van der Waals surface area contributed by atoms with E-state index in [-0.39, 0.29) is 0 Å². The molecule has 0 N–H and O–H groups in total. The maximum Gasteiger partial charge on any atom is 0.153 e. The normalized spacial score (nSPS) is 10.2. The zero-order valence-electron chi connectivity index (χ0n) is 5.77. The zero-order valence-corrected chi connectivity index (χ0v) is 5.77. The van der Waals surface area contributed by atoms with Gasteiger partial charge in [0.05, 0.1) is 17.3 Å². The molecule has 0 bridgehead atoms. The number of carbonyl (C=O) groups excluding carboxylic acids is 1. The molecule has 0 atom stereocenters. The van der Waals surface area contributed by atoms with Crippen LogP contribution in [0.2, 0.25) is 0 Å². The van der Waals surface area contributed by atoms with Gasteiger partial charge in [0.25, 0.3) is 0 Å². The largest absolute Gasteiger partial charge is 0.298 e. The minimum absolute atomic E-state index is 0.630. The predicted molar refractivity (Wildman–Crippen MR) is 40.6 cm³/mol. The molecule has 0 spiro atoms. The Morgan fingerprint density at radius 1 is 1.45 bits per heavy atom. The summed E-state index contributed by atoms with van der Waals surface area (Å²) in [6.07, 6.45) is 4.17. The van der Waals surface area contributed by atoms with E-state index in [9.17, 15) is 4.79 Å². The number of pyridine rings is 1. The Bertz CT molecular complexity index is 392. The second-order valence-corrected chi connectivity index (χ2v) is 2.25. The maximum atomic E-state index is 10.4. The first-order valence-corrected chi connectivity index (χ1v) is 3.29. The van der Waals surface area contributed by atoms with Gasteiger partial charge < -0.3 is 0 Å². The van der Waals surface area contributed by atoms with Crippen LogP contribution in [0.15, 0.2) is 30.6 Å². The van der Waals surface area contributed by atoms with Crippen molar-refractivity contribution in [2.24, 2.45) is 0 Å². The lowest BCUT2D eigenvalue weighted by atomic mass is 10.3. The topological polar surface area (TPSA) is 34.4 Å². The van der Waals surface area contributed by atoms with Gasteiger partial charge in [-0.15, -0.1) is 0 Å². The van der Waals surface area contributed by atoms with E-state index < -0.39 is 0 Å². The number of nitrogens with zero attached hydrogens (tertiary/aromatic N) is 2. The van der Waals surface area contributed by atoms with Crippen LogP contribution in [-0.2, 0) is 0 Å². The number of aromatic nitrogens is 2. The first-order valence-electron chi connectivity index (χ1n) is 3.29. The SMILES string of the molecule is O=Cc1cnn2ccccc12. The number of hydrogen-bond acceptors (Lipinski definition) is 2. The summed E-state index contributed by atoms with van der Waals surface area (Å²) in [5.41, 5.74) is 1.48. The number of carbonyl (C=O) groups is 1. The van der Waals surface area contributed by atoms with Crippen molar-refractivity contribution in [2.75, 3.05) is 0 Å². The molecule has 0 saturated carbocycles. The van der Waals surface area contributed by atoms with E-state index in [1.54, 1.807) is 10.7 Å². The third kappa shape index (κ3) is 0.816. The van der Waals surface area contributed by atoms with Crippen molar-refractivity contribution < 1.29 is 4.79 Å². The van der Waals surface area contributed by atoms with E-state index in [0.717, 1.165) is 11.8 Å². The Kier molecular flexibility index (Phi) is 1.22. The van der Waals surface area contributed by atoms with Crippen molar-refractivity contribution in [3.63, 3.8) is 0 Å². The first kappa shape index (κ1) is 6.09. The molecule has 0 radical (unpaired) electrons. The summed E-state index contributed by atoms with van der Waals surface area (Å²) < 4.78 is 1.67. The fraction of sp³-hybridized carbons (Fsp3) is 0. The molecule has 0 aliphatic heterocycles. The fourth-order valence-electron chi connectivity index (χ4n) is 1.05. The molecule has 0 unspecified atom stereocenters. The van der Waals surface area contributed by atoms with Crippen LogP contribution < -0.4 is 0 Å². The smallest absolute Gasteiger partial charge is 0.153 e. The second-order valence-electron chi connectivity index (χ2n) is 2.25. The van der Waals surface area contributed by atoms with Gasteiger partial charge in [-0.25, -0.2) is 4.52 Å². The maximum absolute atomic E-state index is 10.4. The number of hydrogen-bond donors (Lipinski definition) is 0. The molecule has 11 heavy (non-hydrogen) atoms. The second kappa shape index (κ2) is 2.20. The van der Waals surface area contributed by atoms with Gasteiger partial charge in [0.2, 0.25) is 0 Å². The Hall–Kier alpha value is -1.64. The van der Waals surface area contributed by atoms with E-state index in [1.165, 1.54) is 0 Å². The fourth-order valence-corrected chi connectivity index (χ4v) is 1.05. The molecule has 54 valence electrons. The van der Waals surface area contributed by atoms with Crippen molar-refractivity contribution >= 4 is 11.8 Å². The van der Waals surface area contributed by atoms with Crippen LogP contribution >= 0.6 is 0 Å². The predicted octanol–water partition coefficient (Wildman–Crippen LogP) is 1.15. The summed E-state index contributed by atoms with van der Waals surface area (Å²) in [5, 5.41) is 3.97. The van der Waals surface area contributed by atoms with Crippen molar-refractivity contribution in [3.05, 3.63) is 36.2 Å². The van der Waals surface area contributed by atoms with Crippen molar-refractivity contribution in [1.82, 2.24) is 9.61 Å². The van der Waals surface area contributed by atoms with Crippen LogP contribution in [0.3, 0.4) is 0 Å². The minimum atomic E-state index is 0.630. The molecule has 0 amide bonds. The number of rotatable bonds is 1. The molecule has 2 aromatic heterocycles. The van der Waals surface area contributed by atoms with Crippen LogP contribution in [-0.4, -0.2) is 15.9 Å². The Morgan fingerprint density at radius 3 is 3.18 bits per heavy atom. The molecule has 0 aliphatic carbocycles. The van der Waals surface area contributed by atoms with E-state index in [4.69, 9.17) is 0 Å².